The number of rotatable bonds is 26. The number of nitrogens with two attached hydrogens (primary N) is 6. The van der Waals surface area contributed by atoms with Gasteiger partial charge in [-0.2, -0.15) is 0 Å². The number of primary amides is 1. The lowest BCUT2D eigenvalue weighted by molar-refractivity contribution is -0.142. The van der Waals surface area contributed by atoms with Crippen molar-refractivity contribution in [3.05, 3.63) is 35.9 Å². The quantitative estimate of drug-likeness (QED) is 0.0236. The molecule has 55 heavy (non-hydrogen) atoms. The summed E-state index contributed by atoms with van der Waals surface area (Å²) < 4.78 is 0. The zero-order chi connectivity index (χ0) is 41.5. The summed E-state index contributed by atoms with van der Waals surface area (Å²) in [7, 11) is 0. The summed E-state index contributed by atoms with van der Waals surface area (Å²) in [5, 5.41) is 41.0. The molecule has 0 aliphatic rings. The smallest absolute Gasteiger partial charge is 0.326 e. The second-order valence-electron chi connectivity index (χ2n) is 12.2. The Hall–Kier alpha value is -6.07. The van der Waals surface area contributed by atoms with Crippen molar-refractivity contribution in [3.8, 4) is 0 Å². The van der Waals surface area contributed by atoms with Crippen molar-refractivity contribution in [1.82, 2.24) is 26.6 Å². The molecule has 0 saturated heterocycles. The van der Waals surface area contributed by atoms with E-state index in [4.69, 9.17) is 34.4 Å². The molecule has 0 fully saturated rings. The van der Waals surface area contributed by atoms with Gasteiger partial charge < -0.3 is 76.3 Å². The van der Waals surface area contributed by atoms with E-state index in [-0.39, 0.29) is 70.0 Å². The van der Waals surface area contributed by atoms with Crippen LogP contribution >= 0.6 is 0 Å². The van der Waals surface area contributed by atoms with Crippen LogP contribution in [-0.4, -0.2) is 131 Å². The van der Waals surface area contributed by atoms with Crippen molar-refractivity contribution < 1.29 is 48.9 Å². The van der Waals surface area contributed by atoms with Crippen LogP contribution in [0.3, 0.4) is 0 Å². The normalized spacial score (nSPS) is 13.9. The summed E-state index contributed by atoms with van der Waals surface area (Å²) in [6, 6.07) is 0.0708. The first kappa shape index (κ1) is 47.0. The highest BCUT2D eigenvalue weighted by atomic mass is 16.4. The topological polar surface area (TPSA) is 421 Å². The zero-order valence-electron chi connectivity index (χ0n) is 30.2. The first-order valence-corrected chi connectivity index (χ1v) is 17.1. The number of aliphatic hydroxyl groups is 2. The molecule has 0 unspecified atom stereocenters. The number of benzene rings is 1. The standard InChI is InChI=1S/C32H53N13O10/c33-18(14-17-6-2-1-3-7-17)25(49)41-19(8-4-12-39-31(35)36)27(51)44-23(16-47)29(53)45-22(15-46)28(52)42-20(9-5-13-40-32(37)38)26(50)43-21(30(54)55)10-11-24(34)48/h1-3,6-7,18-23,46-47H,4-5,8-16,33H2,(H2,34,48)(H,41,49)(H,42,52)(H,43,50)(H,44,51)(H,45,53)(H,54,55)(H4,35,36,39)(H4,37,38,40)/t18-,19-,20-,21-,22-,23-/m0/s1. The van der Waals surface area contributed by atoms with Crippen LogP contribution in [0.25, 0.3) is 0 Å². The fourth-order valence-electron chi connectivity index (χ4n) is 4.81. The van der Waals surface area contributed by atoms with Crippen LogP contribution in [0.2, 0.25) is 0 Å². The number of nitrogens with zero attached hydrogens (tertiary/aromatic N) is 2. The second-order valence-corrected chi connectivity index (χ2v) is 12.2. The highest BCUT2D eigenvalue weighted by molar-refractivity contribution is 5.96. The van der Waals surface area contributed by atoms with Gasteiger partial charge >= 0.3 is 5.97 Å². The van der Waals surface area contributed by atoms with Gasteiger partial charge in [-0.1, -0.05) is 30.3 Å². The molecule has 0 aromatic heterocycles. The Morgan fingerprint density at radius 1 is 0.582 bits per heavy atom. The predicted molar refractivity (Wildman–Crippen MR) is 198 cm³/mol. The molecule has 6 atom stereocenters. The number of carbonyl (C=O) groups excluding carboxylic acids is 6. The Bertz CT molecular complexity index is 1500. The Labute approximate surface area is 316 Å². The number of amides is 6. The molecule has 20 N–H and O–H groups in total. The number of aliphatic hydroxyl groups excluding tert-OH is 2. The average molecular weight is 780 g/mol. The predicted octanol–water partition coefficient (Wildman–Crippen LogP) is -6.58. The molecule has 0 bridgehead atoms. The molecule has 0 radical (unpaired) electrons. The van der Waals surface area contributed by atoms with Gasteiger partial charge in [0, 0.05) is 19.5 Å². The minimum absolute atomic E-state index is 0.0127. The number of hydrogen-bond donors (Lipinski definition) is 14. The third kappa shape index (κ3) is 19.0. The average Bonchev–Trinajstić information content (AvgIpc) is 3.13. The van der Waals surface area contributed by atoms with E-state index in [1.165, 1.54) is 0 Å². The number of aliphatic imine (C=N–C) groups is 2. The van der Waals surface area contributed by atoms with Gasteiger partial charge in [-0.3, -0.25) is 38.8 Å². The number of hydrogen-bond acceptors (Lipinski definition) is 12. The van der Waals surface area contributed by atoms with E-state index in [0.717, 1.165) is 5.56 Å². The van der Waals surface area contributed by atoms with Gasteiger partial charge in [-0.15, -0.1) is 0 Å². The zero-order valence-corrected chi connectivity index (χ0v) is 30.2. The van der Waals surface area contributed by atoms with Crippen molar-refractivity contribution >= 4 is 53.3 Å². The van der Waals surface area contributed by atoms with Gasteiger partial charge in [-0.05, 0) is 44.1 Å². The van der Waals surface area contributed by atoms with Crippen LogP contribution in [0, 0.1) is 0 Å². The number of guanidine groups is 2. The van der Waals surface area contributed by atoms with Gasteiger partial charge in [0.2, 0.25) is 35.4 Å². The fourth-order valence-corrected chi connectivity index (χ4v) is 4.81. The lowest BCUT2D eigenvalue weighted by atomic mass is 10.0. The lowest BCUT2D eigenvalue weighted by Crippen LogP contribution is -2.60. The molecule has 1 aromatic carbocycles. The summed E-state index contributed by atoms with van der Waals surface area (Å²) in [6.45, 7) is -1.91. The van der Waals surface area contributed by atoms with E-state index in [1.807, 2.05) is 0 Å². The van der Waals surface area contributed by atoms with Crippen LogP contribution in [0.4, 0.5) is 0 Å². The van der Waals surface area contributed by atoms with E-state index in [0.29, 0.717) is 0 Å². The van der Waals surface area contributed by atoms with E-state index in [9.17, 15) is 48.9 Å². The minimum atomic E-state index is -1.75. The van der Waals surface area contributed by atoms with E-state index in [1.54, 1.807) is 30.3 Å². The summed E-state index contributed by atoms with van der Waals surface area (Å²) in [4.78, 5) is 96.3. The Kier molecular flexibility index (Phi) is 21.4. The molecule has 0 aliphatic carbocycles. The summed E-state index contributed by atoms with van der Waals surface area (Å²) in [6.07, 6.45) is -0.440. The summed E-state index contributed by atoms with van der Waals surface area (Å²) in [5.41, 5.74) is 33.3. The van der Waals surface area contributed by atoms with Gasteiger partial charge in [0.25, 0.3) is 0 Å². The molecule has 1 aromatic rings. The molecule has 0 spiro atoms. The number of nitrogens with one attached hydrogen (secondary N) is 5. The number of carboxylic acid groups (broad SMARTS) is 1. The Balaban J connectivity index is 3.10. The third-order valence-corrected chi connectivity index (χ3v) is 7.72. The van der Waals surface area contributed by atoms with Crippen LogP contribution in [0.5, 0.6) is 0 Å². The maximum absolute atomic E-state index is 13.3. The molecular formula is C32H53N13O10. The van der Waals surface area contributed by atoms with Crippen molar-refractivity contribution in [2.75, 3.05) is 26.3 Å². The SMILES string of the molecule is NC(=O)CC[C@H](NC(=O)[C@H](CCCN=C(N)N)NC(=O)[C@H](CO)NC(=O)[C@H](CO)NC(=O)[C@H](CCCN=C(N)N)NC(=O)[C@@H](N)Cc1ccccc1)C(=O)O. The van der Waals surface area contributed by atoms with E-state index >= 15 is 0 Å². The highest BCUT2D eigenvalue weighted by Gasteiger charge is 2.32. The minimum Gasteiger partial charge on any atom is -0.480 e. The molecule has 0 saturated carbocycles. The van der Waals surface area contributed by atoms with Crippen LogP contribution in [0.15, 0.2) is 40.3 Å². The lowest BCUT2D eigenvalue weighted by Gasteiger charge is -2.26. The second kappa shape index (κ2) is 25.0. The van der Waals surface area contributed by atoms with Crippen molar-refractivity contribution in [1.29, 1.82) is 0 Å². The molecule has 6 amide bonds. The maximum Gasteiger partial charge on any atom is 0.326 e. The third-order valence-electron chi connectivity index (χ3n) is 7.72. The van der Waals surface area contributed by atoms with Crippen LogP contribution < -0.4 is 61.0 Å². The molecule has 23 nitrogen and oxygen atoms in total. The molecule has 0 aliphatic heterocycles. The largest absolute Gasteiger partial charge is 0.480 e. The maximum atomic E-state index is 13.3. The van der Waals surface area contributed by atoms with Crippen molar-refractivity contribution in [2.24, 2.45) is 44.4 Å². The molecule has 0 heterocycles. The molecular weight excluding hydrogens is 726 g/mol. The fraction of sp³-hybridized carbons (Fsp3) is 0.531. The summed E-state index contributed by atoms with van der Waals surface area (Å²) in [5.74, 6) is -7.58. The number of carboxylic acids is 1. The Morgan fingerprint density at radius 3 is 1.38 bits per heavy atom. The molecule has 306 valence electrons. The first-order chi connectivity index (χ1) is 26.0. The van der Waals surface area contributed by atoms with Gasteiger partial charge in [-0.25, -0.2) is 4.79 Å². The van der Waals surface area contributed by atoms with Gasteiger partial charge in [0.1, 0.15) is 30.2 Å². The van der Waals surface area contributed by atoms with Crippen molar-refractivity contribution in [2.45, 2.75) is 81.2 Å². The van der Waals surface area contributed by atoms with Gasteiger partial charge in [0.05, 0.1) is 19.3 Å². The Morgan fingerprint density at radius 2 is 0.982 bits per heavy atom. The highest BCUT2D eigenvalue weighted by Crippen LogP contribution is 2.06. The molecule has 1 rings (SSSR count). The first-order valence-electron chi connectivity index (χ1n) is 17.1. The van der Waals surface area contributed by atoms with Crippen molar-refractivity contribution in [3.63, 3.8) is 0 Å². The van der Waals surface area contributed by atoms with Crippen LogP contribution in [-0.2, 0) is 40.0 Å². The molecule has 23 heteroatoms. The number of carbonyl (C=O) groups is 7. The van der Waals surface area contributed by atoms with Crippen LogP contribution in [0.1, 0.15) is 44.1 Å². The monoisotopic (exact) mass is 779 g/mol. The van der Waals surface area contributed by atoms with Gasteiger partial charge in [0.15, 0.2) is 11.9 Å². The summed E-state index contributed by atoms with van der Waals surface area (Å²) >= 11 is 0. The van der Waals surface area contributed by atoms with E-state index in [2.05, 4.69) is 36.6 Å². The van der Waals surface area contributed by atoms with E-state index < -0.39 is 90.9 Å². The number of aliphatic carboxylic acids is 1.